The van der Waals surface area contributed by atoms with Crippen LogP contribution in [0, 0.1) is 11.3 Å². The zero-order chi connectivity index (χ0) is 17.0. The van der Waals surface area contributed by atoms with Crippen LogP contribution < -0.4 is 5.32 Å². The van der Waals surface area contributed by atoms with E-state index >= 15 is 0 Å². The van der Waals surface area contributed by atoms with Crippen LogP contribution in [0.1, 0.15) is 33.5 Å². The molecule has 2 rings (SSSR count). The smallest absolute Gasteiger partial charge is 0.350 e. The highest BCUT2D eigenvalue weighted by molar-refractivity contribution is 5.93. The highest BCUT2D eigenvalue weighted by Gasteiger charge is 2.18. The molecule has 1 aromatic carbocycles. The van der Waals surface area contributed by atoms with Gasteiger partial charge in [0.1, 0.15) is 11.9 Å². The maximum atomic E-state index is 11.6. The second-order valence-corrected chi connectivity index (χ2v) is 6.10. The van der Waals surface area contributed by atoms with Gasteiger partial charge in [0.25, 0.3) is 0 Å². The molecule has 6 heteroatoms. The molecule has 0 fully saturated rings. The van der Waals surface area contributed by atoms with E-state index in [9.17, 15) is 4.79 Å². The van der Waals surface area contributed by atoms with Crippen LogP contribution in [-0.4, -0.2) is 22.5 Å². The topological polar surface area (TPSA) is 90.8 Å². The second kappa shape index (κ2) is 6.53. The lowest BCUT2D eigenvalue weighted by molar-refractivity contribution is -0.138. The monoisotopic (exact) mass is 312 g/mol. The van der Waals surface area contributed by atoms with Gasteiger partial charge in [0, 0.05) is 17.3 Å². The maximum absolute atomic E-state index is 11.6. The van der Waals surface area contributed by atoms with E-state index in [0.29, 0.717) is 0 Å². The van der Waals surface area contributed by atoms with Crippen molar-refractivity contribution in [3.05, 3.63) is 35.8 Å². The van der Waals surface area contributed by atoms with Gasteiger partial charge < -0.3 is 15.0 Å². The molecule has 1 heterocycles. The lowest BCUT2D eigenvalue weighted by atomic mass is 9.96. The average molecular weight is 312 g/mol. The molecule has 120 valence electrons. The van der Waals surface area contributed by atoms with E-state index in [4.69, 9.17) is 10.00 Å². The van der Waals surface area contributed by atoms with Crippen molar-refractivity contribution in [2.75, 3.05) is 11.9 Å². The summed E-state index contributed by atoms with van der Waals surface area (Å²) in [6.45, 7) is 8.19. The molecule has 0 atom stereocenters. The van der Waals surface area contributed by atoms with Gasteiger partial charge in [-0.25, -0.2) is 9.78 Å². The van der Waals surface area contributed by atoms with Gasteiger partial charge in [0.2, 0.25) is 0 Å². The first kappa shape index (κ1) is 16.6. The van der Waals surface area contributed by atoms with E-state index in [2.05, 4.69) is 36.1 Å². The van der Waals surface area contributed by atoms with Gasteiger partial charge in [-0.2, -0.15) is 5.26 Å². The number of carbonyl (C=O) groups is 1. The molecule has 0 spiro atoms. The van der Waals surface area contributed by atoms with Crippen LogP contribution in [0.5, 0.6) is 0 Å². The third kappa shape index (κ3) is 3.89. The molecule has 2 aromatic rings. The quantitative estimate of drug-likeness (QED) is 0.514. The summed E-state index contributed by atoms with van der Waals surface area (Å²) < 4.78 is 4.81. The number of H-pyrrole nitrogens is 1. The summed E-state index contributed by atoms with van der Waals surface area (Å²) >= 11 is 0. The minimum Gasteiger partial charge on any atom is -0.462 e. The second-order valence-electron chi connectivity index (χ2n) is 6.10. The van der Waals surface area contributed by atoms with E-state index in [1.54, 1.807) is 6.92 Å². The molecule has 0 unspecified atom stereocenters. The fourth-order valence-corrected chi connectivity index (χ4v) is 1.96. The summed E-state index contributed by atoms with van der Waals surface area (Å²) in [5, 5.41) is 11.9. The summed E-state index contributed by atoms with van der Waals surface area (Å²) in [5.74, 6) is 0.268. The average Bonchev–Trinajstić information content (AvgIpc) is 2.91. The Morgan fingerprint density at radius 2 is 2.22 bits per heavy atom. The van der Waals surface area contributed by atoms with Crippen molar-refractivity contribution in [3.8, 4) is 6.07 Å². The van der Waals surface area contributed by atoms with Gasteiger partial charge in [-0.05, 0) is 25.1 Å². The number of hydrogen-bond acceptors (Lipinski definition) is 5. The van der Waals surface area contributed by atoms with Gasteiger partial charge >= 0.3 is 5.97 Å². The van der Waals surface area contributed by atoms with E-state index in [0.717, 1.165) is 22.5 Å². The molecule has 1 aromatic heterocycles. The normalized spacial score (nSPS) is 12.0. The molecule has 0 radical (unpaired) electrons. The highest BCUT2D eigenvalue weighted by Crippen LogP contribution is 2.24. The molecule has 0 aliphatic heterocycles. The van der Waals surface area contributed by atoms with Crippen LogP contribution in [0.15, 0.2) is 30.0 Å². The summed E-state index contributed by atoms with van der Waals surface area (Å²) in [5.41, 5.74) is 2.37. The Bertz CT molecular complexity index is 791. The Morgan fingerprint density at radius 3 is 2.83 bits per heavy atom. The molecule has 23 heavy (non-hydrogen) atoms. The Balaban J connectivity index is 2.24. The lowest BCUT2D eigenvalue weighted by Gasteiger charge is -2.13. The number of hydrogen-bond donors (Lipinski definition) is 2. The number of fused-ring (bicyclic) bond motifs is 1. The van der Waals surface area contributed by atoms with Crippen molar-refractivity contribution in [1.29, 1.82) is 5.26 Å². The van der Waals surface area contributed by atoms with Crippen LogP contribution in [-0.2, 0) is 14.9 Å². The Morgan fingerprint density at radius 1 is 1.48 bits per heavy atom. The molecule has 0 aliphatic carbocycles. The maximum Gasteiger partial charge on any atom is 0.350 e. The van der Waals surface area contributed by atoms with Crippen molar-refractivity contribution in [2.45, 2.75) is 33.1 Å². The van der Waals surface area contributed by atoms with Crippen LogP contribution in [0.25, 0.3) is 11.0 Å². The standard InChI is InChI=1S/C17H20N4O2/c1-5-23-15(22)11(9-18)10-19-12-6-7-13-14(8-12)21-16(20-13)17(2,3)4/h6-8,10,19H,5H2,1-4H3,(H,20,21)/b11-10+. The van der Waals surface area contributed by atoms with Crippen molar-refractivity contribution in [1.82, 2.24) is 9.97 Å². The first-order valence-corrected chi connectivity index (χ1v) is 7.39. The largest absolute Gasteiger partial charge is 0.462 e. The number of nitrogens with one attached hydrogen (secondary N) is 2. The molecular formula is C17H20N4O2. The van der Waals surface area contributed by atoms with Crippen molar-refractivity contribution >= 4 is 22.7 Å². The van der Waals surface area contributed by atoms with Gasteiger partial charge in [-0.1, -0.05) is 20.8 Å². The predicted molar refractivity (Wildman–Crippen MR) is 88.7 cm³/mol. The fraction of sp³-hybridized carbons (Fsp3) is 0.353. The molecule has 0 saturated carbocycles. The number of nitriles is 1. The van der Waals surface area contributed by atoms with E-state index in [-0.39, 0.29) is 17.6 Å². The number of esters is 1. The van der Waals surface area contributed by atoms with Crippen molar-refractivity contribution < 1.29 is 9.53 Å². The van der Waals surface area contributed by atoms with Crippen LogP contribution >= 0.6 is 0 Å². The fourth-order valence-electron chi connectivity index (χ4n) is 1.96. The summed E-state index contributed by atoms with van der Waals surface area (Å²) in [6, 6.07) is 7.43. The third-order valence-corrected chi connectivity index (χ3v) is 3.19. The van der Waals surface area contributed by atoms with Crippen molar-refractivity contribution in [3.63, 3.8) is 0 Å². The predicted octanol–water partition coefficient (Wildman–Crippen LogP) is 3.24. The zero-order valence-corrected chi connectivity index (χ0v) is 13.7. The van der Waals surface area contributed by atoms with E-state index in [1.165, 1.54) is 6.20 Å². The Kier molecular flexibility index (Phi) is 4.70. The van der Waals surface area contributed by atoms with Crippen LogP contribution in [0.3, 0.4) is 0 Å². The number of ether oxygens (including phenoxy) is 1. The Labute approximate surface area is 135 Å². The number of anilines is 1. The summed E-state index contributed by atoms with van der Waals surface area (Å²) in [4.78, 5) is 19.4. The number of aromatic amines is 1. The van der Waals surface area contributed by atoms with E-state index in [1.807, 2.05) is 24.3 Å². The Hall–Kier alpha value is -2.81. The van der Waals surface area contributed by atoms with Gasteiger partial charge in [0.15, 0.2) is 5.57 Å². The van der Waals surface area contributed by atoms with Gasteiger partial charge in [-0.3, -0.25) is 0 Å². The molecule has 0 aliphatic rings. The SMILES string of the molecule is CCOC(=O)/C(C#N)=C/Nc1ccc2nc(C(C)(C)C)[nH]c2c1. The minimum absolute atomic E-state index is 0.0651. The lowest BCUT2D eigenvalue weighted by Crippen LogP contribution is -2.12. The third-order valence-electron chi connectivity index (χ3n) is 3.19. The highest BCUT2D eigenvalue weighted by atomic mass is 16.5. The number of rotatable bonds is 4. The molecule has 2 N–H and O–H groups in total. The minimum atomic E-state index is -0.639. The molecule has 0 bridgehead atoms. The molecular weight excluding hydrogens is 292 g/mol. The van der Waals surface area contributed by atoms with Crippen LogP contribution in [0.2, 0.25) is 0 Å². The van der Waals surface area contributed by atoms with Gasteiger partial charge in [-0.15, -0.1) is 0 Å². The van der Waals surface area contributed by atoms with Crippen LogP contribution in [0.4, 0.5) is 5.69 Å². The summed E-state index contributed by atoms with van der Waals surface area (Å²) in [7, 11) is 0. The number of nitrogens with zero attached hydrogens (tertiary/aromatic N) is 2. The number of benzene rings is 1. The molecule has 0 saturated heterocycles. The van der Waals surface area contributed by atoms with E-state index < -0.39 is 5.97 Å². The number of aromatic nitrogens is 2. The zero-order valence-electron chi connectivity index (χ0n) is 13.7. The number of carbonyl (C=O) groups excluding carboxylic acids is 1. The van der Waals surface area contributed by atoms with Crippen molar-refractivity contribution in [2.24, 2.45) is 0 Å². The first-order chi connectivity index (χ1) is 10.8. The first-order valence-electron chi connectivity index (χ1n) is 7.39. The number of imidazole rings is 1. The molecule has 6 nitrogen and oxygen atoms in total. The molecule has 0 amide bonds. The summed E-state index contributed by atoms with van der Waals surface area (Å²) in [6.07, 6.45) is 1.35. The van der Waals surface area contributed by atoms with Gasteiger partial charge in [0.05, 0.1) is 17.6 Å².